The molecule has 10 nitrogen and oxygen atoms in total. The van der Waals surface area contributed by atoms with Gasteiger partial charge in [0.05, 0.1) is 29.6 Å². The first-order chi connectivity index (χ1) is 21.6. The topological polar surface area (TPSA) is 149 Å². The Labute approximate surface area is 266 Å². The molecule has 0 saturated carbocycles. The number of hydrogen-bond acceptors (Lipinski definition) is 7. The maximum atomic E-state index is 13.7. The van der Waals surface area contributed by atoms with Gasteiger partial charge in [0.2, 0.25) is 10.0 Å². The van der Waals surface area contributed by atoms with Gasteiger partial charge in [0, 0.05) is 17.7 Å². The summed E-state index contributed by atoms with van der Waals surface area (Å²) < 4.78 is 27.3. The van der Waals surface area contributed by atoms with Crippen molar-refractivity contribution in [3.05, 3.63) is 101 Å². The van der Waals surface area contributed by atoms with Crippen LogP contribution in [0.25, 0.3) is 0 Å². The van der Waals surface area contributed by atoms with E-state index in [1.807, 2.05) is 67.6 Å². The molecule has 4 rings (SSSR count). The van der Waals surface area contributed by atoms with E-state index in [9.17, 15) is 23.1 Å². The van der Waals surface area contributed by atoms with Gasteiger partial charge in [0.25, 0.3) is 11.8 Å². The molecular weight excluding hydrogens is 590 g/mol. The van der Waals surface area contributed by atoms with Crippen molar-refractivity contribution >= 4 is 27.5 Å². The van der Waals surface area contributed by atoms with Gasteiger partial charge in [-0.05, 0) is 88.0 Å². The van der Waals surface area contributed by atoms with Crippen molar-refractivity contribution in [3.63, 3.8) is 0 Å². The number of rotatable bonds is 15. The van der Waals surface area contributed by atoms with Crippen LogP contribution in [0.4, 0.5) is 5.69 Å². The summed E-state index contributed by atoms with van der Waals surface area (Å²) in [6, 6.07) is 22.3. The molecule has 1 aliphatic rings. The Hall–Kier alpha value is -3.77. The van der Waals surface area contributed by atoms with Gasteiger partial charge in [-0.15, -0.1) is 0 Å². The third kappa shape index (κ3) is 10.7. The number of carbonyl (C=O) groups excluding carboxylic acids is 2. The third-order valence-electron chi connectivity index (χ3n) is 8.08. The van der Waals surface area contributed by atoms with Crippen molar-refractivity contribution in [2.75, 3.05) is 36.7 Å². The van der Waals surface area contributed by atoms with E-state index in [1.54, 1.807) is 0 Å². The summed E-state index contributed by atoms with van der Waals surface area (Å²) in [5.41, 5.74) is 2.17. The first kappa shape index (κ1) is 34.1. The Morgan fingerprint density at radius 1 is 0.911 bits per heavy atom. The van der Waals surface area contributed by atoms with Crippen molar-refractivity contribution < 1.29 is 23.1 Å². The van der Waals surface area contributed by atoms with Crippen LogP contribution in [0.15, 0.2) is 78.9 Å². The van der Waals surface area contributed by atoms with Crippen LogP contribution in [0.5, 0.6) is 0 Å². The zero-order chi connectivity index (χ0) is 32.2. The third-order valence-corrected chi connectivity index (χ3v) is 9.39. The number of carbonyl (C=O) groups is 2. The van der Waals surface area contributed by atoms with Crippen molar-refractivity contribution in [1.29, 1.82) is 0 Å². The largest absolute Gasteiger partial charge is 0.390 e. The summed E-state index contributed by atoms with van der Waals surface area (Å²) in [5.74, 6) is -0.632. The predicted molar refractivity (Wildman–Crippen MR) is 178 cm³/mol. The summed E-state index contributed by atoms with van der Waals surface area (Å²) in [6.45, 7) is 6.40. The molecule has 1 aliphatic heterocycles. The molecule has 3 atom stereocenters. The fourth-order valence-corrected chi connectivity index (χ4v) is 5.99. The Kier molecular flexibility index (Phi) is 12.5. The van der Waals surface area contributed by atoms with E-state index in [1.165, 1.54) is 25.1 Å². The number of sulfonamides is 1. The molecule has 242 valence electrons. The Morgan fingerprint density at radius 2 is 1.51 bits per heavy atom. The maximum Gasteiger partial charge on any atom is 0.251 e. The highest BCUT2D eigenvalue weighted by Crippen LogP contribution is 2.20. The summed E-state index contributed by atoms with van der Waals surface area (Å²) in [5, 5.41) is 23.9. The number of aliphatic hydroxyl groups excluding tert-OH is 1. The second-order valence-electron chi connectivity index (χ2n) is 11.6. The van der Waals surface area contributed by atoms with Gasteiger partial charge in [0.15, 0.2) is 0 Å². The SMILES string of the molecule is CCS(=O)(=O)Nc1cc(C(=O)NC(C)c2ccccc2)cc(C(=O)NC(Cc2ccccc2)C(O)CNCC2CCNCC2)c1. The smallest absolute Gasteiger partial charge is 0.251 e. The summed E-state index contributed by atoms with van der Waals surface area (Å²) >= 11 is 0. The van der Waals surface area contributed by atoms with Gasteiger partial charge in [-0.25, -0.2) is 8.42 Å². The molecule has 1 saturated heterocycles. The molecular formula is C34H45N5O5S. The van der Waals surface area contributed by atoms with Gasteiger partial charge in [0.1, 0.15) is 0 Å². The van der Waals surface area contributed by atoms with Crippen molar-refractivity contribution in [3.8, 4) is 0 Å². The number of benzene rings is 3. The van der Waals surface area contributed by atoms with Crippen LogP contribution in [0.2, 0.25) is 0 Å². The van der Waals surface area contributed by atoms with Gasteiger partial charge in [-0.3, -0.25) is 14.3 Å². The van der Waals surface area contributed by atoms with E-state index < -0.39 is 34.0 Å². The average Bonchev–Trinajstić information content (AvgIpc) is 3.05. The predicted octanol–water partition coefficient (Wildman–Crippen LogP) is 3.23. The van der Waals surface area contributed by atoms with E-state index >= 15 is 0 Å². The number of hydrogen-bond donors (Lipinski definition) is 6. The highest BCUT2D eigenvalue weighted by molar-refractivity contribution is 7.92. The van der Waals surface area contributed by atoms with Crippen LogP contribution in [0.3, 0.4) is 0 Å². The maximum absolute atomic E-state index is 13.7. The minimum Gasteiger partial charge on any atom is -0.390 e. The molecule has 3 aromatic rings. The number of piperidine rings is 1. The minimum atomic E-state index is -3.69. The lowest BCUT2D eigenvalue weighted by molar-refractivity contribution is 0.0827. The van der Waals surface area contributed by atoms with Gasteiger partial charge < -0.3 is 26.4 Å². The van der Waals surface area contributed by atoms with Crippen LogP contribution < -0.4 is 26.0 Å². The molecule has 3 aromatic carbocycles. The van der Waals surface area contributed by atoms with Gasteiger partial charge in [-0.2, -0.15) is 0 Å². The zero-order valence-electron chi connectivity index (χ0n) is 26.0. The molecule has 0 spiro atoms. The Balaban J connectivity index is 1.54. The monoisotopic (exact) mass is 635 g/mol. The molecule has 45 heavy (non-hydrogen) atoms. The molecule has 0 aromatic heterocycles. The van der Waals surface area contributed by atoms with Crippen LogP contribution >= 0.6 is 0 Å². The fourth-order valence-electron chi connectivity index (χ4n) is 5.37. The molecule has 0 bridgehead atoms. The molecule has 3 unspecified atom stereocenters. The Bertz CT molecular complexity index is 1500. The summed E-state index contributed by atoms with van der Waals surface area (Å²) in [7, 11) is -3.69. The number of amides is 2. The highest BCUT2D eigenvalue weighted by atomic mass is 32.2. The fraction of sp³-hybridized carbons (Fsp3) is 0.412. The molecule has 1 heterocycles. The normalized spacial score (nSPS) is 15.9. The molecule has 6 N–H and O–H groups in total. The van der Waals surface area contributed by atoms with Crippen LogP contribution in [-0.2, 0) is 16.4 Å². The summed E-state index contributed by atoms with van der Waals surface area (Å²) in [4.78, 5) is 27.1. The summed E-state index contributed by atoms with van der Waals surface area (Å²) in [6.07, 6.45) is 1.64. The lowest BCUT2D eigenvalue weighted by Gasteiger charge is -2.27. The quantitative estimate of drug-likeness (QED) is 0.150. The second kappa shape index (κ2) is 16.5. The molecule has 0 radical (unpaired) electrons. The molecule has 0 aliphatic carbocycles. The van der Waals surface area contributed by atoms with E-state index in [-0.39, 0.29) is 28.6 Å². The standard InChI is InChI=1S/C34H45N5O5S/c1-3-45(43,44)39-30-20-28(33(41)37-24(2)27-12-8-5-9-13-27)19-29(21-30)34(42)38-31(18-25-10-6-4-7-11-25)32(40)23-36-22-26-14-16-35-17-15-26/h4-13,19-21,24,26,31-32,35-36,39-40H,3,14-18,22-23H2,1-2H3,(H,37,41)(H,38,42). The van der Waals surface area contributed by atoms with Gasteiger partial charge >= 0.3 is 0 Å². The average molecular weight is 636 g/mol. The Morgan fingerprint density at radius 3 is 2.13 bits per heavy atom. The lowest BCUT2D eigenvalue weighted by atomic mass is 9.97. The van der Waals surface area contributed by atoms with E-state index in [4.69, 9.17) is 0 Å². The molecule has 11 heteroatoms. The first-order valence-corrected chi connectivity index (χ1v) is 17.2. The van der Waals surface area contributed by atoms with Crippen molar-refractivity contribution in [2.24, 2.45) is 5.92 Å². The van der Waals surface area contributed by atoms with Crippen LogP contribution in [0.1, 0.15) is 64.6 Å². The van der Waals surface area contributed by atoms with E-state index in [0.29, 0.717) is 18.9 Å². The second-order valence-corrected chi connectivity index (χ2v) is 13.6. The zero-order valence-corrected chi connectivity index (χ0v) is 26.8. The van der Waals surface area contributed by atoms with Crippen LogP contribution in [-0.4, -0.2) is 69.4 Å². The minimum absolute atomic E-state index is 0.0942. The molecule has 2 amide bonds. The van der Waals surface area contributed by atoms with Crippen molar-refractivity contribution in [1.82, 2.24) is 21.3 Å². The van der Waals surface area contributed by atoms with Crippen molar-refractivity contribution in [2.45, 2.75) is 51.3 Å². The van der Waals surface area contributed by atoms with Gasteiger partial charge in [-0.1, -0.05) is 60.7 Å². The first-order valence-electron chi connectivity index (χ1n) is 15.6. The lowest BCUT2D eigenvalue weighted by Crippen LogP contribution is -2.49. The highest BCUT2D eigenvalue weighted by Gasteiger charge is 2.25. The number of anilines is 1. The number of nitrogens with one attached hydrogen (secondary N) is 5. The molecule has 1 fully saturated rings. The van der Waals surface area contributed by atoms with E-state index in [2.05, 4.69) is 26.0 Å². The van der Waals surface area contributed by atoms with E-state index in [0.717, 1.165) is 43.6 Å². The number of aliphatic hydroxyl groups is 1. The van der Waals surface area contributed by atoms with Crippen LogP contribution in [0, 0.1) is 5.92 Å².